The van der Waals surface area contributed by atoms with Crippen molar-refractivity contribution in [3.63, 3.8) is 0 Å². The van der Waals surface area contributed by atoms with E-state index in [1.54, 1.807) is 44.2 Å². The Labute approximate surface area is 219 Å². The van der Waals surface area contributed by atoms with E-state index in [1.807, 2.05) is 0 Å². The van der Waals surface area contributed by atoms with Crippen molar-refractivity contribution in [2.75, 3.05) is 0 Å². The fraction of sp³-hybridized carbons (Fsp3) is 0.440. The first-order chi connectivity index (χ1) is 18.0. The SMILES string of the molecule is CCC(C)C(NC(=O)C(Cc1cnc[nH]1)NC(=O)C(Cc1ccccc1)NC(=O)C(N)CC(=O)O)C(=O)O. The molecule has 0 radical (unpaired) electrons. The van der Waals surface area contributed by atoms with Crippen molar-refractivity contribution in [2.24, 2.45) is 11.7 Å². The van der Waals surface area contributed by atoms with Gasteiger partial charge in [0.1, 0.15) is 18.1 Å². The average Bonchev–Trinajstić information content (AvgIpc) is 3.39. The Morgan fingerprint density at radius 2 is 1.55 bits per heavy atom. The third-order valence-electron chi connectivity index (χ3n) is 6.04. The smallest absolute Gasteiger partial charge is 0.326 e. The fourth-order valence-corrected chi connectivity index (χ4v) is 3.65. The van der Waals surface area contributed by atoms with Crippen molar-refractivity contribution in [3.05, 3.63) is 54.1 Å². The van der Waals surface area contributed by atoms with Crippen LogP contribution in [0.3, 0.4) is 0 Å². The molecule has 38 heavy (non-hydrogen) atoms. The standard InChI is InChI=1S/C25H34N6O7/c1-3-14(2)21(25(37)38)31-24(36)19(10-16-12-27-13-28-16)30-23(35)18(9-15-7-5-4-6-8-15)29-22(34)17(26)11-20(32)33/h4-8,12-14,17-19,21H,3,9-11,26H2,1-2H3,(H,27,28)(H,29,34)(H,30,35)(H,31,36)(H,32,33)(H,37,38). The first-order valence-electron chi connectivity index (χ1n) is 12.1. The molecule has 0 aliphatic rings. The highest BCUT2D eigenvalue weighted by atomic mass is 16.4. The molecular formula is C25H34N6O7. The number of aromatic nitrogens is 2. The zero-order valence-electron chi connectivity index (χ0n) is 21.2. The van der Waals surface area contributed by atoms with E-state index in [0.717, 1.165) is 0 Å². The van der Waals surface area contributed by atoms with Crippen LogP contribution in [0.1, 0.15) is 37.9 Å². The molecule has 5 atom stereocenters. The van der Waals surface area contributed by atoms with Crippen LogP contribution in [0.5, 0.6) is 0 Å². The Bertz CT molecular complexity index is 1090. The van der Waals surface area contributed by atoms with Crippen molar-refractivity contribution >= 4 is 29.7 Å². The molecule has 0 aliphatic carbocycles. The van der Waals surface area contributed by atoms with Gasteiger partial charge in [-0.25, -0.2) is 9.78 Å². The quantitative estimate of drug-likeness (QED) is 0.159. The van der Waals surface area contributed by atoms with Gasteiger partial charge in [-0.2, -0.15) is 0 Å². The third-order valence-corrected chi connectivity index (χ3v) is 6.04. The molecule has 0 saturated carbocycles. The van der Waals surface area contributed by atoms with Gasteiger partial charge in [0.25, 0.3) is 0 Å². The lowest BCUT2D eigenvalue weighted by atomic mass is 9.98. The lowest BCUT2D eigenvalue weighted by Crippen LogP contribution is -2.58. The van der Waals surface area contributed by atoms with Gasteiger partial charge in [-0.05, 0) is 11.5 Å². The lowest BCUT2D eigenvalue weighted by molar-refractivity contribution is -0.143. The average molecular weight is 531 g/mol. The Kier molecular flexibility index (Phi) is 11.4. The van der Waals surface area contributed by atoms with Crippen LogP contribution in [0, 0.1) is 5.92 Å². The van der Waals surface area contributed by atoms with Gasteiger partial charge in [-0.15, -0.1) is 0 Å². The number of hydrogen-bond acceptors (Lipinski definition) is 7. The highest BCUT2D eigenvalue weighted by Crippen LogP contribution is 2.10. The van der Waals surface area contributed by atoms with Crippen LogP contribution >= 0.6 is 0 Å². The number of nitrogens with zero attached hydrogens (tertiary/aromatic N) is 1. The minimum Gasteiger partial charge on any atom is -0.481 e. The van der Waals surface area contributed by atoms with Gasteiger partial charge >= 0.3 is 11.9 Å². The summed E-state index contributed by atoms with van der Waals surface area (Å²) in [6.45, 7) is 3.48. The maximum atomic E-state index is 13.4. The topological polar surface area (TPSA) is 217 Å². The molecule has 0 saturated heterocycles. The number of aromatic amines is 1. The van der Waals surface area contributed by atoms with Crippen LogP contribution in [-0.2, 0) is 36.8 Å². The van der Waals surface area contributed by atoms with Crippen LogP contribution in [0.15, 0.2) is 42.9 Å². The van der Waals surface area contributed by atoms with Gasteiger partial charge < -0.3 is 36.9 Å². The number of H-pyrrole nitrogens is 1. The third kappa shape index (κ3) is 9.32. The molecule has 206 valence electrons. The van der Waals surface area contributed by atoms with Crippen LogP contribution in [0.4, 0.5) is 0 Å². The van der Waals surface area contributed by atoms with Crippen molar-refractivity contribution in [1.82, 2.24) is 25.9 Å². The summed E-state index contributed by atoms with van der Waals surface area (Å²) < 4.78 is 0. The van der Waals surface area contributed by atoms with Crippen molar-refractivity contribution in [1.29, 1.82) is 0 Å². The summed E-state index contributed by atoms with van der Waals surface area (Å²) in [7, 11) is 0. The summed E-state index contributed by atoms with van der Waals surface area (Å²) in [6, 6.07) is 3.76. The number of carboxylic acid groups (broad SMARTS) is 2. The number of rotatable bonds is 15. The molecule has 13 nitrogen and oxygen atoms in total. The maximum Gasteiger partial charge on any atom is 0.326 e. The summed E-state index contributed by atoms with van der Waals surface area (Å²) in [5.41, 5.74) is 6.87. The zero-order valence-corrected chi connectivity index (χ0v) is 21.2. The molecule has 1 aromatic heterocycles. The highest BCUT2D eigenvalue weighted by molar-refractivity contribution is 5.95. The Morgan fingerprint density at radius 3 is 2.11 bits per heavy atom. The molecule has 0 aliphatic heterocycles. The summed E-state index contributed by atoms with van der Waals surface area (Å²) in [5, 5.41) is 26.1. The van der Waals surface area contributed by atoms with Crippen molar-refractivity contribution in [2.45, 2.75) is 63.7 Å². The van der Waals surface area contributed by atoms with E-state index >= 15 is 0 Å². The Morgan fingerprint density at radius 1 is 0.947 bits per heavy atom. The minimum absolute atomic E-state index is 0.0290. The molecule has 3 amide bonds. The van der Waals surface area contributed by atoms with Gasteiger partial charge in [-0.1, -0.05) is 50.6 Å². The second-order valence-corrected chi connectivity index (χ2v) is 9.01. The summed E-state index contributed by atoms with van der Waals surface area (Å²) >= 11 is 0. The highest BCUT2D eigenvalue weighted by Gasteiger charge is 2.32. The molecule has 8 N–H and O–H groups in total. The molecule has 13 heteroatoms. The Hall–Kier alpha value is -4.26. The molecule has 5 unspecified atom stereocenters. The first kappa shape index (κ1) is 30.0. The van der Waals surface area contributed by atoms with E-state index in [-0.39, 0.29) is 18.8 Å². The van der Waals surface area contributed by atoms with Gasteiger partial charge in [0.2, 0.25) is 17.7 Å². The molecule has 2 rings (SSSR count). The van der Waals surface area contributed by atoms with E-state index in [4.69, 9.17) is 10.8 Å². The van der Waals surface area contributed by atoms with Gasteiger partial charge in [-0.3, -0.25) is 19.2 Å². The van der Waals surface area contributed by atoms with Gasteiger partial charge in [0.05, 0.1) is 18.8 Å². The zero-order chi connectivity index (χ0) is 28.2. The summed E-state index contributed by atoms with van der Waals surface area (Å²) in [6.07, 6.45) is 2.72. The number of carbonyl (C=O) groups excluding carboxylic acids is 3. The number of amides is 3. The van der Waals surface area contributed by atoms with E-state index < -0.39 is 60.2 Å². The van der Waals surface area contributed by atoms with Crippen molar-refractivity contribution in [3.8, 4) is 0 Å². The number of hydrogen-bond donors (Lipinski definition) is 7. The Balaban J connectivity index is 2.28. The molecule has 0 fully saturated rings. The fourth-order valence-electron chi connectivity index (χ4n) is 3.65. The number of carboxylic acids is 2. The monoisotopic (exact) mass is 530 g/mol. The number of aliphatic carboxylic acids is 2. The summed E-state index contributed by atoms with van der Waals surface area (Å²) in [5.74, 6) is -5.17. The van der Waals surface area contributed by atoms with Crippen LogP contribution in [-0.4, -0.2) is 74.0 Å². The number of carbonyl (C=O) groups is 5. The lowest BCUT2D eigenvalue weighted by Gasteiger charge is -2.26. The molecule has 0 spiro atoms. The molecule has 2 aromatic rings. The number of nitrogens with two attached hydrogens (primary N) is 1. The number of benzene rings is 1. The first-order valence-corrected chi connectivity index (χ1v) is 12.1. The normalized spacial score (nSPS) is 14.8. The molecule has 1 aromatic carbocycles. The van der Waals surface area contributed by atoms with Gasteiger partial charge in [0.15, 0.2) is 0 Å². The van der Waals surface area contributed by atoms with Crippen molar-refractivity contribution < 1.29 is 34.2 Å². The van der Waals surface area contributed by atoms with E-state index in [0.29, 0.717) is 17.7 Å². The largest absolute Gasteiger partial charge is 0.481 e. The van der Waals surface area contributed by atoms with Gasteiger partial charge in [0, 0.05) is 24.7 Å². The second kappa shape index (κ2) is 14.5. The predicted molar refractivity (Wildman–Crippen MR) is 136 cm³/mol. The predicted octanol–water partition coefficient (Wildman–Crippen LogP) is -0.418. The summed E-state index contributed by atoms with van der Waals surface area (Å²) in [4.78, 5) is 68.6. The minimum atomic E-state index is -1.39. The van der Waals surface area contributed by atoms with Crippen LogP contribution in [0.25, 0.3) is 0 Å². The van der Waals surface area contributed by atoms with Crippen LogP contribution < -0.4 is 21.7 Å². The number of imidazole rings is 1. The molecule has 0 bridgehead atoms. The van der Waals surface area contributed by atoms with Crippen LogP contribution in [0.2, 0.25) is 0 Å². The number of nitrogens with one attached hydrogen (secondary N) is 4. The van der Waals surface area contributed by atoms with E-state index in [2.05, 4.69) is 25.9 Å². The second-order valence-electron chi connectivity index (χ2n) is 9.01. The maximum absolute atomic E-state index is 13.4. The van der Waals surface area contributed by atoms with E-state index in [9.17, 15) is 29.1 Å². The molecular weight excluding hydrogens is 496 g/mol. The molecule has 1 heterocycles. The van der Waals surface area contributed by atoms with E-state index in [1.165, 1.54) is 12.5 Å².